The fourth-order valence-corrected chi connectivity index (χ4v) is 1.96. The normalized spacial score (nSPS) is 20.4. The lowest BCUT2D eigenvalue weighted by Gasteiger charge is -2.35. The van der Waals surface area contributed by atoms with E-state index in [0.717, 1.165) is 0 Å². The monoisotopic (exact) mass is 258 g/mol. The number of morpholine rings is 1. The van der Waals surface area contributed by atoms with Gasteiger partial charge in [0.15, 0.2) is 5.82 Å². The summed E-state index contributed by atoms with van der Waals surface area (Å²) in [4.78, 5) is 10.3. The Balaban J connectivity index is 2.30. The maximum atomic E-state index is 9.32. The van der Waals surface area contributed by atoms with E-state index in [-0.39, 0.29) is 12.6 Å². The minimum absolute atomic E-state index is 0.00915. The number of anilines is 2. The molecule has 0 radical (unpaired) electrons. The van der Waals surface area contributed by atoms with Crippen LogP contribution in [0, 0.1) is 0 Å². The van der Waals surface area contributed by atoms with Crippen molar-refractivity contribution in [2.75, 3.05) is 43.6 Å². The number of nitrogens with one attached hydrogen (secondary N) is 1. The molecule has 0 bridgehead atoms. The van der Waals surface area contributed by atoms with Gasteiger partial charge in [0.25, 0.3) is 0 Å². The zero-order chi connectivity index (χ0) is 12.3. The third-order valence-electron chi connectivity index (χ3n) is 2.66. The molecule has 1 aliphatic rings. The summed E-state index contributed by atoms with van der Waals surface area (Å²) in [5.74, 6) is 1.14. The Morgan fingerprint density at radius 3 is 3.24 bits per heavy atom. The number of hydrogen-bond acceptors (Lipinski definition) is 6. The van der Waals surface area contributed by atoms with Crippen molar-refractivity contribution in [1.82, 2.24) is 9.97 Å². The van der Waals surface area contributed by atoms with Gasteiger partial charge in [-0.15, -0.1) is 0 Å². The van der Waals surface area contributed by atoms with Crippen LogP contribution in [-0.4, -0.2) is 54.5 Å². The summed E-state index contributed by atoms with van der Waals surface area (Å²) in [6.07, 6.45) is 1.56. The summed E-state index contributed by atoms with van der Waals surface area (Å²) < 4.78 is 5.32. The fraction of sp³-hybridized carbons (Fsp3) is 0.600. The van der Waals surface area contributed by atoms with Crippen molar-refractivity contribution >= 4 is 23.4 Å². The Morgan fingerprint density at radius 1 is 1.71 bits per heavy atom. The first-order valence-corrected chi connectivity index (χ1v) is 5.79. The second kappa shape index (κ2) is 5.48. The van der Waals surface area contributed by atoms with Crippen LogP contribution in [0.2, 0.25) is 5.02 Å². The zero-order valence-electron chi connectivity index (χ0n) is 9.56. The van der Waals surface area contributed by atoms with Gasteiger partial charge in [0, 0.05) is 13.6 Å². The van der Waals surface area contributed by atoms with Gasteiger partial charge in [-0.2, -0.15) is 4.98 Å². The Kier molecular flexibility index (Phi) is 3.98. The molecule has 1 atom stereocenters. The summed E-state index contributed by atoms with van der Waals surface area (Å²) in [6.45, 7) is 1.75. The van der Waals surface area contributed by atoms with E-state index in [1.807, 2.05) is 4.90 Å². The Hall–Kier alpha value is -1.11. The SMILES string of the molecule is CNc1ncc(Cl)c(N2CCOCC2CO)n1. The van der Waals surface area contributed by atoms with E-state index in [0.29, 0.717) is 36.5 Å². The largest absolute Gasteiger partial charge is 0.394 e. The number of aliphatic hydroxyl groups excluding tert-OH is 1. The molecule has 17 heavy (non-hydrogen) atoms. The second-order valence-electron chi connectivity index (χ2n) is 3.72. The van der Waals surface area contributed by atoms with Gasteiger partial charge in [-0.05, 0) is 0 Å². The molecule has 0 spiro atoms. The third-order valence-corrected chi connectivity index (χ3v) is 2.93. The molecule has 7 heteroatoms. The van der Waals surface area contributed by atoms with E-state index in [1.165, 1.54) is 0 Å². The van der Waals surface area contributed by atoms with Crippen molar-refractivity contribution in [2.45, 2.75) is 6.04 Å². The average Bonchev–Trinajstić information content (AvgIpc) is 2.39. The van der Waals surface area contributed by atoms with Gasteiger partial charge in [0.05, 0.1) is 32.1 Å². The second-order valence-corrected chi connectivity index (χ2v) is 4.13. The molecule has 0 amide bonds. The molecule has 1 unspecified atom stereocenters. The fourth-order valence-electron chi connectivity index (χ4n) is 1.76. The van der Waals surface area contributed by atoms with Crippen LogP contribution in [0.3, 0.4) is 0 Å². The molecule has 6 nitrogen and oxygen atoms in total. The molecule has 0 aliphatic carbocycles. The number of ether oxygens (including phenoxy) is 1. The number of nitrogens with zero attached hydrogens (tertiary/aromatic N) is 3. The molecule has 2 heterocycles. The summed E-state index contributed by atoms with van der Waals surface area (Å²) >= 11 is 6.09. The molecule has 2 rings (SSSR count). The van der Waals surface area contributed by atoms with E-state index in [1.54, 1.807) is 13.2 Å². The Bertz CT molecular complexity index is 391. The van der Waals surface area contributed by atoms with Crippen molar-refractivity contribution < 1.29 is 9.84 Å². The van der Waals surface area contributed by atoms with Gasteiger partial charge in [-0.1, -0.05) is 11.6 Å². The topological polar surface area (TPSA) is 70.5 Å². The zero-order valence-corrected chi connectivity index (χ0v) is 10.3. The standard InChI is InChI=1S/C10H15ClN4O2/c1-12-10-13-4-8(11)9(14-10)15-2-3-17-6-7(15)5-16/h4,7,16H,2-3,5-6H2,1H3,(H,12,13,14). The number of halogens is 1. The lowest BCUT2D eigenvalue weighted by Crippen LogP contribution is -2.48. The highest BCUT2D eigenvalue weighted by Gasteiger charge is 2.25. The highest BCUT2D eigenvalue weighted by atomic mass is 35.5. The molecule has 1 fully saturated rings. The lowest BCUT2D eigenvalue weighted by atomic mass is 10.2. The van der Waals surface area contributed by atoms with E-state index in [2.05, 4.69) is 15.3 Å². The first-order chi connectivity index (χ1) is 8.26. The molecule has 94 valence electrons. The number of aromatic nitrogens is 2. The highest BCUT2D eigenvalue weighted by molar-refractivity contribution is 6.32. The van der Waals surface area contributed by atoms with Crippen molar-refractivity contribution in [2.24, 2.45) is 0 Å². The van der Waals surface area contributed by atoms with Crippen LogP contribution in [0.5, 0.6) is 0 Å². The predicted molar refractivity (Wildman–Crippen MR) is 65.6 cm³/mol. The smallest absolute Gasteiger partial charge is 0.224 e. The summed E-state index contributed by atoms with van der Waals surface area (Å²) in [5.41, 5.74) is 0. The van der Waals surface area contributed by atoms with Gasteiger partial charge in [-0.25, -0.2) is 4.98 Å². The Morgan fingerprint density at radius 2 is 2.53 bits per heavy atom. The summed E-state index contributed by atoms with van der Waals surface area (Å²) in [6, 6.07) is -0.110. The highest BCUT2D eigenvalue weighted by Crippen LogP contribution is 2.26. The molecular weight excluding hydrogens is 244 g/mol. The average molecular weight is 259 g/mol. The van der Waals surface area contributed by atoms with Gasteiger partial charge in [0.2, 0.25) is 5.95 Å². The summed E-state index contributed by atoms with van der Waals surface area (Å²) in [7, 11) is 1.75. The minimum Gasteiger partial charge on any atom is -0.394 e. The maximum Gasteiger partial charge on any atom is 0.224 e. The van der Waals surface area contributed by atoms with Crippen LogP contribution in [-0.2, 0) is 4.74 Å². The van der Waals surface area contributed by atoms with E-state index in [4.69, 9.17) is 16.3 Å². The van der Waals surface area contributed by atoms with Crippen molar-refractivity contribution in [1.29, 1.82) is 0 Å². The lowest BCUT2D eigenvalue weighted by molar-refractivity contribution is 0.0723. The van der Waals surface area contributed by atoms with Crippen molar-refractivity contribution in [3.8, 4) is 0 Å². The quantitative estimate of drug-likeness (QED) is 0.816. The maximum absolute atomic E-state index is 9.32. The van der Waals surface area contributed by atoms with Gasteiger partial charge in [-0.3, -0.25) is 0 Å². The van der Waals surface area contributed by atoms with Crippen LogP contribution in [0.25, 0.3) is 0 Å². The molecule has 1 aliphatic heterocycles. The Labute approximate surface area is 105 Å². The van der Waals surface area contributed by atoms with Crippen LogP contribution in [0.4, 0.5) is 11.8 Å². The van der Waals surface area contributed by atoms with Gasteiger partial charge < -0.3 is 20.1 Å². The molecule has 1 aromatic heterocycles. The van der Waals surface area contributed by atoms with Crippen LogP contribution < -0.4 is 10.2 Å². The number of aliphatic hydroxyl groups is 1. The van der Waals surface area contributed by atoms with Crippen LogP contribution >= 0.6 is 11.6 Å². The summed E-state index contributed by atoms with van der Waals surface area (Å²) in [5, 5.41) is 12.7. The van der Waals surface area contributed by atoms with Crippen LogP contribution in [0.15, 0.2) is 6.20 Å². The van der Waals surface area contributed by atoms with Crippen molar-refractivity contribution in [3.63, 3.8) is 0 Å². The van der Waals surface area contributed by atoms with Crippen LogP contribution in [0.1, 0.15) is 0 Å². The molecule has 1 aromatic rings. The molecule has 0 saturated carbocycles. The van der Waals surface area contributed by atoms with Gasteiger partial charge >= 0.3 is 0 Å². The first-order valence-electron chi connectivity index (χ1n) is 5.41. The minimum atomic E-state index is -0.110. The van der Waals surface area contributed by atoms with Crippen molar-refractivity contribution in [3.05, 3.63) is 11.2 Å². The first kappa shape index (κ1) is 12.3. The predicted octanol–water partition coefficient (Wildman–Crippen LogP) is 0.369. The molecule has 2 N–H and O–H groups in total. The van der Waals surface area contributed by atoms with E-state index in [9.17, 15) is 5.11 Å². The molecular formula is C10H15ClN4O2. The third kappa shape index (κ3) is 2.59. The molecule has 1 saturated heterocycles. The van der Waals surface area contributed by atoms with E-state index >= 15 is 0 Å². The number of rotatable bonds is 3. The van der Waals surface area contributed by atoms with Gasteiger partial charge in [0.1, 0.15) is 5.02 Å². The van der Waals surface area contributed by atoms with E-state index < -0.39 is 0 Å². The molecule has 0 aromatic carbocycles. The number of hydrogen-bond donors (Lipinski definition) is 2.